The van der Waals surface area contributed by atoms with Crippen molar-refractivity contribution in [1.29, 1.82) is 0 Å². The number of aromatic nitrogens is 3. The lowest BCUT2D eigenvalue weighted by atomic mass is 10.0. The van der Waals surface area contributed by atoms with Gasteiger partial charge in [-0.2, -0.15) is 0 Å². The SMILES string of the molecule is O=C(Cn1nc2ccccn2c1=O)NC(CO)(CO)CO. The maximum Gasteiger partial charge on any atom is 0.350 e. The summed E-state index contributed by atoms with van der Waals surface area (Å²) in [6.07, 6.45) is 1.53. The van der Waals surface area contributed by atoms with Crippen LogP contribution in [0.1, 0.15) is 0 Å². The highest BCUT2D eigenvalue weighted by atomic mass is 16.3. The third kappa shape index (κ3) is 2.94. The van der Waals surface area contributed by atoms with Crippen molar-refractivity contribution in [3.63, 3.8) is 0 Å². The molecule has 9 nitrogen and oxygen atoms in total. The Balaban J connectivity index is 2.18. The molecule has 0 fully saturated rings. The zero-order valence-corrected chi connectivity index (χ0v) is 11.1. The number of nitrogens with zero attached hydrogens (tertiary/aromatic N) is 3. The van der Waals surface area contributed by atoms with E-state index in [1.807, 2.05) is 0 Å². The van der Waals surface area contributed by atoms with Gasteiger partial charge in [0.05, 0.1) is 19.8 Å². The monoisotopic (exact) mass is 296 g/mol. The minimum atomic E-state index is -1.53. The fourth-order valence-corrected chi connectivity index (χ4v) is 1.81. The molecule has 9 heteroatoms. The number of aliphatic hydroxyl groups is 3. The molecule has 0 radical (unpaired) electrons. The van der Waals surface area contributed by atoms with Crippen LogP contribution in [0.2, 0.25) is 0 Å². The third-order valence-corrected chi connectivity index (χ3v) is 3.09. The van der Waals surface area contributed by atoms with Gasteiger partial charge in [0, 0.05) is 6.20 Å². The molecule has 0 saturated carbocycles. The number of aliphatic hydroxyl groups excluding tert-OH is 3. The van der Waals surface area contributed by atoms with Crippen LogP contribution in [0.4, 0.5) is 0 Å². The van der Waals surface area contributed by atoms with Crippen LogP contribution in [-0.2, 0) is 11.3 Å². The lowest BCUT2D eigenvalue weighted by Crippen LogP contribution is -2.57. The number of amides is 1. The van der Waals surface area contributed by atoms with E-state index in [1.54, 1.807) is 18.2 Å². The van der Waals surface area contributed by atoms with Crippen molar-refractivity contribution in [2.45, 2.75) is 12.1 Å². The molecule has 0 spiro atoms. The first-order valence-electron chi connectivity index (χ1n) is 6.23. The predicted octanol–water partition coefficient (Wildman–Crippen LogP) is -2.67. The van der Waals surface area contributed by atoms with Gasteiger partial charge in [0.2, 0.25) is 5.91 Å². The summed E-state index contributed by atoms with van der Waals surface area (Å²) < 4.78 is 2.24. The highest BCUT2D eigenvalue weighted by Crippen LogP contribution is 2.02. The molecule has 0 aliphatic heterocycles. The summed E-state index contributed by atoms with van der Waals surface area (Å²) in [7, 11) is 0. The number of hydrogen-bond acceptors (Lipinski definition) is 6. The molecule has 21 heavy (non-hydrogen) atoms. The van der Waals surface area contributed by atoms with Crippen LogP contribution in [-0.4, -0.2) is 60.8 Å². The summed E-state index contributed by atoms with van der Waals surface area (Å²) in [6, 6.07) is 4.99. The van der Waals surface area contributed by atoms with Gasteiger partial charge in [-0.25, -0.2) is 9.48 Å². The number of carbonyl (C=O) groups is 1. The van der Waals surface area contributed by atoms with Crippen LogP contribution < -0.4 is 11.0 Å². The van der Waals surface area contributed by atoms with Crippen molar-refractivity contribution >= 4 is 11.6 Å². The van der Waals surface area contributed by atoms with Crippen molar-refractivity contribution in [3.05, 3.63) is 34.9 Å². The highest BCUT2D eigenvalue weighted by Gasteiger charge is 2.30. The second-order valence-corrected chi connectivity index (χ2v) is 4.67. The molecule has 0 aliphatic rings. The number of rotatable bonds is 6. The van der Waals surface area contributed by atoms with Crippen molar-refractivity contribution in [2.24, 2.45) is 0 Å². The molecule has 0 aliphatic carbocycles. The molecule has 2 rings (SSSR count). The van der Waals surface area contributed by atoms with E-state index in [0.29, 0.717) is 5.65 Å². The first kappa shape index (κ1) is 15.2. The molecule has 1 amide bonds. The standard InChI is InChI=1S/C12H16N4O5/c17-6-12(7-18,8-19)13-10(20)5-16-11(21)15-4-2-1-3-9(15)14-16/h1-4,17-19H,5-8H2,(H,13,20). The van der Waals surface area contributed by atoms with Crippen molar-refractivity contribution in [3.8, 4) is 0 Å². The highest BCUT2D eigenvalue weighted by molar-refractivity contribution is 5.76. The van der Waals surface area contributed by atoms with E-state index in [4.69, 9.17) is 15.3 Å². The molecule has 0 aromatic carbocycles. The lowest BCUT2D eigenvalue weighted by Gasteiger charge is -2.28. The Labute approximate surface area is 119 Å². The topological polar surface area (TPSA) is 129 Å². The molecular formula is C12H16N4O5. The second-order valence-electron chi connectivity index (χ2n) is 4.67. The number of pyridine rings is 1. The lowest BCUT2D eigenvalue weighted by molar-refractivity contribution is -0.126. The molecule has 114 valence electrons. The van der Waals surface area contributed by atoms with Crippen molar-refractivity contribution in [2.75, 3.05) is 19.8 Å². The molecule has 2 heterocycles. The summed E-state index contributed by atoms with van der Waals surface area (Å²) in [6.45, 7) is -2.29. The second kappa shape index (κ2) is 6.04. The molecular weight excluding hydrogens is 280 g/mol. The molecule has 0 atom stereocenters. The van der Waals surface area contributed by atoms with Gasteiger partial charge >= 0.3 is 5.69 Å². The zero-order chi connectivity index (χ0) is 15.5. The van der Waals surface area contributed by atoms with Crippen LogP contribution in [0.5, 0.6) is 0 Å². The maximum atomic E-state index is 12.0. The van der Waals surface area contributed by atoms with Gasteiger partial charge in [0.25, 0.3) is 0 Å². The fraction of sp³-hybridized carbons (Fsp3) is 0.417. The van der Waals surface area contributed by atoms with E-state index in [0.717, 1.165) is 4.68 Å². The summed E-state index contributed by atoms with van der Waals surface area (Å²) >= 11 is 0. The number of fused-ring (bicyclic) bond motifs is 1. The van der Waals surface area contributed by atoms with Crippen molar-refractivity contribution < 1.29 is 20.1 Å². The van der Waals surface area contributed by atoms with Crippen LogP contribution in [0, 0.1) is 0 Å². The third-order valence-electron chi connectivity index (χ3n) is 3.09. The Bertz CT molecular complexity index is 680. The van der Waals surface area contributed by atoms with E-state index in [1.165, 1.54) is 10.6 Å². The Morgan fingerprint density at radius 3 is 2.48 bits per heavy atom. The predicted molar refractivity (Wildman–Crippen MR) is 71.6 cm³/mol. The number of hydrogen-bond donors (Lipinski definition) is 4. The van der Waals surface area contributed by atoms with E-state index in [2.05, 4.69) is 10.4 Å². The molecule has 0 unspecified atom stereocenters. The van der Waals surface area contributed by atoms with Crippen LogP contribution in [0.15, 0.2) is 29.2 Å². The van der Waals surface area contributed by atoms with Gasteiger partial charge in [-0.3, -0.25) is 9.20 Å². The average Bonchev–Trinajstić information content (AvgIpc) is 2.82. The smallest absolute Gasteiger partial charge is 0.350 e. The zero-order valence-electron chi connectivity index (χ0n) is 11.1. The maximum absolute atomic E-state index is 12.0. The molecule has 4 N–H and O–H groups in total. The van der Waals surface area contributed by atoms with E-state index in [-0.39, 0.29) is 6.54 Å². The Hall–Kier alpha value is -2.23. The molecule has 2 aromatic heterocycles. The quantitative estimate of drug-likeness (QED) is 0.460. The first-order valence-corrected chi connectivity index (χ1v) is 6.23. The van der Waals surface area contributed by atoms with Crippen LogP contribution in [0.3, 0.4) is 0 Å². The van der Waals surface area contributed by atoms with Gasteiger partial charge < -0.3 is 20.6 Å². The number of nitrogens with one attached hydrogen (secondary N) is 1. The summed E-state index contributed by atoms with van der Waals surface area (Å²) in [5.74, 6) is -0.655. The van der Waals surface area contributed by atoms with E-state index < -0.39 is 37.0 Å². The largest absolute Gasteiger partial charge is 0.394 e. The number of carbonyl (C=O) groups excluding carboxylic acids is 1. The Morgan fingerprint density at radius 1 is 1.24 bits per heavy atom. The van der Waals surface area contributed by atoms with Crippen molar-refractivity contribution in [1.82, 2.24) is 19.5 Å². The average molecular weight is 296 g/mol. The van der Waals surface area contributed by atoms with E-state index >= 15 is 0 Å². The van der Waals surface area contributed by atoms with E-state index in [9.17, 15) is 9.59 Å². The minimum absolute atomic E-state index is 0.387. The van der Waals surface area contributed by atoms with Crippen LogP contribution >= 0.6 is 0 Å². The first-order chi connectivity index (χ1) is 10.0. The van der Waals surface area contributed by atoms with Gasteiger partial charge in [-0.05, 0) is 12.1 Å². The molecule has 0 bridgehead atoms. The van der Waals surface area contributed by atoms with Gasteiger partial charge in [0.1, 0.15) is 12.1 Å². The fourth-order valence-electron chi connectivity index (χ4n) is 1.81. The Morgan fingerprint density at radius 2 is 1.90 bits per heavy atom. The Kier molecular flexibility index (Phi) is 4.36. The minimum Gasteiger partial charge on any atom is -0.394 e. The van der Waals surface area contributed by atoms with Gasteiger partial charge in [-0.15, -0.1) is 5.10 Å². The molecule has 2 aromatic rings. The normalized spacial score (nSPS) is 11.8. The molecule has 0 saturated heterocycles. The summed E-state index contributed by atoms with van der Waals surface area (Å²) in [5, 5.41) is 33.7. The van der Waals surface area contributed by atoms with Gasteiger partial charge in [-0.1, -0.05) is 6.07 Å². The summed E-state index contributed by atoms with van der Waals surface area (Å²) in [4.78, 5) is 23.9. The van der Waals surface area contributed by atoms with Crippen LogP contribution in [0.25, 0.3) is 5.65 Å². The summed E-state index contributed by atoms with van der Waals surface area (Å²) in [5.41, 5.74) is -1.61. The van der Waals surface area contributed by atoms with Gasteiger partial charge in [0.15, 0.2) is 5.65 Å².